The van der Waals surface area contributed by atoms with Crippen molar-refractivity contribution in [2.24, 2.45) is 5.92 Å². The molecule has 0 saturated heterocycles. The highest BCUT2D eigenvalue weighted by Crippen LogP contribution is 2.44. The zero-order valence-corrected chi connectivity index (χ0v) is 81.3. The average Bonchev–Trinajstić information content (AvgIpc) is 0.776. The van der Waals surface area contributed by atoms with Crippen molar-refractivity contribution in [2.75, 3.05) is 39.6 Å². The van der Waals surface area contributed by atoms with E-state index >= 15 is 0 Å². The number of hydrogen-bond donors (Lipinski definition) is 5. The smallest absolute Gasteiger partial charge is 0.167 e. The molecule has 704 valence electrons. The van der Waals surface area contributed by atoms with Gasteiger partial charge in [0.15, 0.2) is 52.4 Å². The molecular weight excluding hydrogens is 1680 g/mol. The summed E-state index contributed by atoms with van der Waals surface area (Å²) in [6, 6.07) is 71.4. The number of phenols is 5. The van der Waals surface area contributed by atoms with E-state index in [2.05, 4.69) is 160 Å². The van der Waals surface area contributed by atoms with Crippen LogP contribution in [0.3, 0.4) is 0 Å². The van der Waals surface area contributed by atoms with Crippen LogP contribution in [0, 0.1) is 54.4 Å². The Hall–Kier alpha value is -13.4. The molecule has 0 aliphatic rings. The Bertz CT molecular complexity index is 5770. The van der Waals surface area contributed by atoms with E-state index in [9.17, 15) is 25.5 Å². The summed E-state index contributed by atoms with van der Waals surface area (Å²) in [6.45, 7) is 30.8. The van der Waals surface area contributed by atoms with Gasteiger partial charge in [0.2, 0.25) is 0 Å². The fraction of sp³-hybridized carbons (Fsp3) is 0.353. The molecule has 0 amide bonds. The molecule has 1 unspecified atom stereocenters. The van der Waals surface area contributed by atoms with E-state index in [1.807, 2.05) is 103 Å². The summed E-state index contributed by atoms with van der Waals surface area (Å²) in [5.41, 5.74) is 17.8. The SMILES string of the molecule is CCCCC(CC)COc1ccc(-c2nc(-c3ccc(-c4ccccc4)cc3)nc(-c3ccc(-c4ccccc4)cc3)n2)c(O)c1.CCCCCCOc1ccc(-c2nc(-c3ccc(OCCCCCC)c(C)c3O)nc(-c3ccc(OCCCCCC)c(C)c3O)n2)c(O)c1C.CCCCOCCCCc1ccc(-c2nc(-c3ccc(C)cc3C)nc(-c3ccc(C)cc3C)n2)c(O)c1. The van der Waals surface area contributed by atoms with E-state index in [1.54, 1.807) is 45.0 Å². The fourth-order valence-corrected chi connectivity index (χ4v) is 16.1. The van der Waals surface area contributed by atoms with Crippen LogP contribution < -0.4 is 18.9 Å². The van der Waals surface area contributed by atoms with Crippen LogP contribution in [-0.2, 0) is 11.2 Å². The third-order valence-corrected chi connectivity index (χ3v) is 24.5. The number of aromatic hydroxyl groups is 5. The first kappa shape index (κ1) is 101. The first-order valence-electron chi connectivity index (χ1n) is 48.7. The van der Waals surface area contributed by atoms with Crippen molar-refractivity contribution in [1.82, 2.24) is 44.9 Å². The molecule has 3 aromatic heterocycles. The fourth-order valence-electron chi connectivity index (χ4n) is 16.1. The molecule has 14 aromatic rings. The molecular formula is C116H135N9O10. The zero-order chi connectivity index (χ0) is 95.5. The number of nitrogens with zero attached hydrogens (tertiary/aromatic N) is 9. The predicted octanol–water partition coefficient (Wildman–Crippen LogP) is 29.3. The van der Waals surface area contributed by atoms with E-state index in [0.717, 1.165) is 196 Å². The molecule has 0 aliphatic heterocycles. The van der Waals surface area contributed by atoms with Crippen LogP contribution in [-0.4, -0.2) is 110 Å². The van der Waals surface area contributed by atoms with Gasteiger partial charge in [0.1, 0.15) is 51.7 Å². The normalized spacial score (nSPS) is 11.4. The number of benzene rings is 11. The summed E-state index contributed by atoms with van der Waals surface area (Å²) in [7, 11) is 0. The Kier molecular flexibility index (Phi) is 38.1. The van der Waals surface area contributed by atoms with Crippen LogP contribution in [0.5, 0.6) is 51.7 Å². The van der Waals surface area contributed by atoms with Crippen molar-refractivity contribution in [3.8, 4) is 176 Å². The number of phenolic OH excluding ortho intramolecular Hbond substituents is 5. The number of aromatic nitrogens is 9. The lowest BCUT2D eigenvalue weighted by molar-refractivity contribution is 0.127. The van der Waals surface area contributed by atoms with Gasteiger partial charge in [0.05, 0.1) is 54.2 Å². The molecule has 0 radical (unpaired) electrons. The van der Waals surface area contributed by atoms with Crippen molar-refractivity contribution in [2.45, 2.75) is 225 Å². The number of rotatable bonds is 44. The Morgan fingerprint density at radius 2 is 0.600 bits per heavy atom. The van der Waals surface area contributed by atoms with Gasteiger partial charge in [-0.25, -0.2) is 44.9 Å². The third kappa shape index (κ3) is 27.9. The van der Waals surface area contributed by atoms with Crippen molar-refractivity contribution in [1.29, 1.82) is 0 Å². The topological polar surface area (TPSA) is 263 Å². The van der Waals surface area contributed by atoms with E-state index in [1.165, 1.54) is 24.0 Å². The molecule has 11 aromatic carbocycles. The first-order chi connectivity index (χ1) is 65.7. The van der Waals surface area contributed by atoms with Gasteiger partial charge in [-0.15, -0.1) is 0 Å². The summed E-state index contributed by atoms with van der Waals surface area (Å²) < 4.78 is 29.8. The minimum atomic E-state index is -0.0106. The molecule has 5 N–H and O–H groups in total. The molecule has 19 heteroatoms. The lowest BCUT2D eigenvalue weighted by Crippen LogP contribution is -2.11. The highest BCUT2D eigenvalue weighted by molar-refractivity contribution is 5.80. The Balaban J connectivity index is 0.000000184. The van der Waals surface area contributed by atoms with E-state index in [4.69, 9.17) is 68.5 Å². The van der Waals surface area contributed by atoms with Gasteiger partial charge in [-0.1, -0.05) is 288 Å². The molecule has 1 atom stereocenters. The Morgan fingerprint density at radius 3 is 0.985 bits per heavy atom. The number of aryl methyl sites for hydroxylation is 5. The van der Waals surface area contributed by atoms with Gasteiger partial charge in [-0.2, -0.15) is 0 Å². The molecule has 0 fully saturated rings. The summed E-state index contributed by atoms with van der Waals surface area (Å²) >= 11 is 0. The summed E-state index contributed by atoms with van der Waals surface area (Å²) in [6.07, 6.45) is 22.8. The maximum atomic E-state index is 11.4. The predicted molar refractivity (Wildman–Crippen MR) is 547 cm³/mol. The molecule has 0 saturated carbocycles. The van der Waals surface area contributed by atoms with Crippen molar-refractivity contribution >= 4 is 0 Å². The molecule has 0 aliphatic carbocycles. The molecule has 14 rings (SSSR count). The quantitative estimate of drug-likeness (QED) is 0.0222. The van der Waals surface area contributed by atoms with Crippen LogP contribution in [0.15, 0.2) is 218 Å². The number of ether oxygens (including phenoxy) is 5. The summed E-state index contributed by atoms with van der Waals surface area (Å²) in [5, 5.41) is 56.5. The standard InChI is InChI=1S/C42H57N3O6.C41H39N3O2.C33H39N3O2/c1-7-10-13-16-25-49-34-22-19-31(37(46)28(34)4)40-43-41(32-20-23-35(29(5)38(32)47)50-26-17-14-11-8-2)45-42(44-40)33-21-24-36(30(6)39(33)48)51-27-18-15-12-9-3;1-3-5-12-29(4-2)28-46-36-25-26-37(38(45)27-36)41-43-39(34-21-17-32(18-22-34)30-13-8-6-9-14-30)42-40(44-41)35-23-19-33(20-24-35)31-15-10-7-11-16-31;1-6-7-17-38-18-9-8-10-26-13-16-29(30(37)21-26)33-35-31(27-14-11-22(2)19-24(27)4)34-32(36-33)28-15-12-23(3)20-25(28)5/h19-24,46-48H,7-18,25-27H2,1-6H3;6-11,13-27,29,45H,3-5,12,28H2,1-2H3;11-16,19-21,37H,6-10,17-18H2,1-5H3. The highest BCUT2D eigenvalue weighted by atomic mass is 16.5. The van der Waals surface area contributed by atoms with Crippen LogP contribution >= 0.6 is 0 Å². The van der Waals surface area contributed by atoms with E-state index in [0.29, 0.717) is 135 Å². The summed E-state index contributed by atoms with van der Waals surface area (Å²) in [5.74, 6) is 6.86. The summed E-state index contributed by atoms with van der Waals surface area (Å²) in [4.78, 5) is 43.5. The highest BCUT2D eigenvalue weighted by Gasteiger charge is 2.26. The van der Waals surface area contributed by atoms with E-state index < -0.39 is 0 Å². The van der Waals surface area contributed by atoms with Crippen LogP contribution in [0.4, 0.5) is 0 Å². The Labute approximate surface area is 799 Å². The van der Waals surface area contributed by atoms with E-state index in [-0.39, 0.29) is 46.2 Å². The molecule has 19 nitrogen and oxygen atoms in total. The molecule has 3 heterocycles. The maximum Gasteiger partial charge on any atom is 0.167 e. The van der Waals surface area contributed by atoms with Crippen molar-refractivity contribution < 1.29 is 49.2 Å². The monoisotopic (exact) mass is 1810 g/mol. The number of hydrogen-bond acceptors (Lipinski definition) is 19. The van der Waals surface area contributed by atoms with Gasteiger partial charge < -0.3 is 49.2 Å². The minimum absolute atomic E-state index is 0.0106. The molecule has 0 spiro atoms. The average molecular weight is 1820 g/mol. The number of unbranched alkanes of at least 4 members (excludes halogenated alkanes) is 12. The van der Waals surface area contributed by atoms with Crippen LogP contribution in [0.1, 0.15) is 214 Å². The molecule has 135 heavy (non-hydrogen) atoms. The van der Waals surface area contributed by atoms with Gasteiger partial charge >= 0.3 is 0 Å². The largest absolute Gasteiger partial charge is 0.507 e. The van der Waals surface area contributed by atoms with Crippen molar-refractivity contribution in [3.63, 3.8) is 0 Å². The maximum absolute atomic E-state index is 11.4. The van der Waals surface area contributed by atoms with Gasteiger partial charge in [0, 0.05) is 58.2 Å². The van der Waals surface area contributed by atoms with Crippen molar-refractivity contribution in [3.05, 3.63) is 263 Å². The zero-order valence-electron chi connectivity index (χ0n) is 81.3. The second kappa shape index (κ2) is 51.2. The van der Waals surface area contributed by atoms with Crippen LogP contribution in [0.25, 0.3) is 125 Å². The third-order valence-electron chi connectivity index (χ3n) is 24.5. The lowest BCUT2D eigenvalue weighted by Gasteiger charge is -2.16. The van der Waals surface area contributed by atoms with Gasteiger partial charge in [0.25, 0.3) is 0 Å². The van der Waals surface area contributed by atoms with Crippen LogP contribution in [0.2, 0.25) is 0 Å². The second-order valence-corrected chi connectivity index (χ2v) is 35.1. The molecule has 0 bridgehead atoms. The minimum Gasteiger partial charge on any atom is -0.507 e. The van der Waals surface area contributed by atoms with Gasteiger partial charge in [-0.05, 0) is 205 Å². The first-order valence-corrected chi connectivity index (χ1v) is 48.7. The van der Waals surface area contributed by atoms with Gasteiger partial charge in [-0.3, -0.25) is 0 Å². The lowest BCUT2D eigenvalue weighted by atomic mass is 10.0. The Morgan fingerprint density at radius 1 is 0.267 bits per heavy atom. The second-order valence-electron chi connectivity index (χ2n) is 35.1.